The molecule has 0 unspecified atom stereocenters. The van der Waals surface area contributed by atoms with Crippen LogP contribution in [0.5, 0.6) is 0 Å². The molecule has 234 valence electrons. The summed E-state index contributed by atoms with van der Waals surface area (Å²) in [5, 5.41) is 7.82. The summed E-state index contributed by atoms with van der Waals surface area (Å²) in [6.45, 7) is 11.6. The monoisotopic (exact) mass is 589 g/mol. The van der Waals surface area contributed by atoms with Crippen LogP contribution >= 0.6 is 0 Å². The quantitative estimate of drug-likeness (QED) is 0.0796. The van der Waals surface area contributed by atoms with Crippen LogP contribution in [0.4, 0.5) is 0 Å². The van der Waals surface area contributed by atoms with Crippen LogP contribution in [-0.2, 0) is 42.8 Å². The van der Waals surface area contributed by atoms with Crippen LogP contribution in [0.1, 0.15) is 62.0 Å². The van der Waals surface area contributed by atoms with E-state index in [1.165, 1.54) is 12.8 Å². The van der Waals surface area contributed by atoms with Gasteiger partial charge in [0, 0.05) is 32.5 Å². The SMILES string of the molecule is CCCN(CCC)CCCCN(CC(=O)OCc1ccccc1)Cc1ccc(CN(CC(=N)N)Cc2nccn2C)cc1. The Morgan fingerprint density at radius 3 is 1.98 bits per heavy atom. The van der Waals surface area contributed by atoms with E-state index in [4.69, 9.17) is 15.9 Å². The van der Waals surface area contributed by atoms with Crippen molar-refractivity contribution in [3.8, 4) is 0 Å². The van der Waals surface area contributed by atoms with Gasteiger partial charge in [0.1, 0.15) is 18.3 Å². The molecule has 9 heteroatoms. The summed E-state index contributed by atoms with van der Waals surface area (Å²) in [6, 6.07) is 18.3. The summed E-state index contributed by atoms with van der Waals surface area (Å²) >= 11 is 0. The average molecular weight is 590 g/mol. The molecular formula is C34H51N7O2. The summed E-state index contributed by atoms with van der Waals surface area (Å²) < 4.78 is 7.61. The molecule has 1 heterocycles. The molecule has 3 aromatic rings. The van der Waals surface area contributed by atoms with Gasteiger partial charge >= 0.3 is 5.97 Å². The van der Waals surface area contributed by atoms with Crippen molar-refractivity contribution in [2.24, 2.45) is 12.8 Å². The van der Waals surface area contributed by atoms with Gasteiger partial charge in [0.25, 0.3) is 0 Å². The Bertz CT molecular complexity index is 1210. The fourth-order valence-corrected chi connectivity index (χ4v) is 5.24. The van der Waals surface area contributed by atoms with Gasteiger partial charge < -0.3 is 19.9 Å². The molecule has 2 aromatic carbocycles. The number of carbonyl (C=O) groups is 1. The molecule has 3 N–H and O–H groups in total. The summed E-state index contributed by atoms with van der Waals surface area (Å²) in [7, 11) is 1.97. The molecule has 0 amide bonds. The lowest BCUT2D eigenvalue weighted by molar-refractivity contribution is -0.146. The standard InChI is InChI=1S/C34H51N7O2/c1-4-18-39(19-5-2)20-9-10-21-40(27-34(42)43-28-31-11-7-6-8-12-31)23-29-13-15-30(16-14-29)24-41(25-32(35)36)26-33-37-17-22-38(33)3/h6-8,11-17,22H,4-5,9-10,18-21,23-28H2,1-3H3,(H3,35,36). The molecule has 43 heavy (non-hydrogen) atoms. The summed E-state index contributed by atoms with van der Waals surface area (Å²) in [5.41, 5.74) is 9.04. The molecule has 1 aromatic heterocycles. The number of hydrogen-bond donors (Lipinski definition) is 2. The van der Waals surface area contributed by atoms with E-state index < -0.39 is 0 Å². The largest absolute Gasteiger partial charge is 0.460 e. The van der Waals surface area contributed by atoms with E-state index in [9.17, 15) is 4.79 Å². The number of hydrogen-bond acceptors (Lipinski definition) is 7. The zero-order valence-electron chi connectivity index (χ0n) is 26.4. The predicted octanol–water partition coefficient (Wildman–Crippen LogP) is 4.81. The zero-order valence-corrected chi connectivity index (χ0v) is 26.4. The van der Waals surface area contributed by atoms with Crippen molar-refractivity contribution in [2.75, 3.05) is 39.3 Å². The average Bonchev–Trinajstić information content (AvgIpc) is 3.39. The van der Waals surface area contributed by atoms with E-state index in [1.54, 1.807) is 6.20 Å². The van der Waals surface area contributed by atoms with E-state index in [-0.39, 0.29) is 18.3 Å². The van der Waals surface area contributed by atoms with Gasteiger partial charge in [-0.2, -0.15) is 0 Å². The molecule has 0 saturated heterocycles. The minimum atomic E-state index is -0.201. The van der Waals surface area contributed by atoms with E-state index in [0.717, 1.165) is 61.5 Å². The van der Waals surface area contributed by atoms with Gasteiger partial charge in [0.2, 0.25) is 0 Å². The van der Waals surface area contributed by atoms with Gasteiger partial charge in [0.05, 0.1) is 19.6 Å². The molecule has 0 spiro atoms. The lowest BCUT2D eigenvalue weighted by atomic mass is 10.1. The first-order chi connectivity index (χ1) is 20.9. The summed E-state index contributed by atoms with van der Waals surface area (Å²) in [5.74, 6) is 0.863. The van der Waals surface area contributed by atoms with Gasteiger partial charge in [-0.05, 0) is 68.6 Å². The minimum Gasteiger partial charge on any atom is -0.460 e. The Labute approximate surface area is 258 Å². The second kappa shape index (κ2) is 18.9. The molecule has 0 radical (unpaired) electrons. The zero-order chi connectivity index (χ0) is 30.9. The van der Waals surface area contributed by atoms with Crippen LogP contribution in [0, 0.1) is 5.41 Å². The van der Waals surface area contributed by atoms with Crippen LogP contribution in [0.15, 0.2) is 67.0 Å². The lowest BCUT2D eigenvalue weighted by Gasteiger charge is -2.24. The third-order valence-corrected chi connectivity index (χ3v) is 7.39. The number of benzene rings is 2. The number of carbonyl (C=O) groups excluding carboxylic acids is 1. The second-order valence-electron chi connectivity index (χ2n) is 11.3. The maximum Gasteiger partial charge on any atom is 0.320 e. The maximum atomic E-state index is 12.8. The molecule has 0 aliphatic heterocycles. The van der Waals surface area contributed by atoms with Crippen molar-refractivity contribution >= 4 is 11.8 Å². The van der Waals surface area contributed by atoms with E-state index in [1.807, 2.05) is 48.1 Å². The predicted molar refractivity (Wildman–Crippen MR) is 173 cm³/mol. The van der Waals surface area contributed by atoms with Crippen molar-refractivity contribution in [3.63, 3.8) is 0 Å². The number of amidine groups is 1. The molecule has 3 rings (SSSR count). The van der Waals surface area contributed by atoms with Gasteiger partial charge in [-0.3, -0.25) is 20.0 Å². The Morgan fingerprint density at radius 2 is 1.42 bits per heavy atom. The van der Waals surface area contributed by atoms with Crippen LogP contribution < -0.4 is 5.73 Å². The highest BCUT2D eigenvalue weighted by molar-refractivity contribution is 5.78. The third kappa shape index (κ3) is 13.1. The lowest BCUT2D eigenvalue weighted by Crippen LogP contribution is -2.33. The van der Waals surface area contributed by atoms with Crippen LogP contribution in [-0.4, -0.2) is 75.3 Å². The number of nitrogens with two attached hydrogens (primary N) is 1. The van der Waals surface area contributed by atoms with Gasteiger partial charge in [-0.25, -0.2) is 4.98 Å². The fourth-order valence-electron chi connectivity index (χ4n) is 5.24. The van der Waals surface area contributed by atoms with Gasteiger partial charge in [-0.1, -0.05) is 68.4 Å². The van der Waals surface area contributed by atoms with Crippen molar-refractivity contribution < 1.29 is 9.53 Å². The Morgan fingerprint density at radius 1 is 0.814 bits per heavy atom. The van der Waals surface area contributed by atoms with Crippen molar-refractivity contribution in [1.29, 1.82) is 5.41 Å². The minimum absolute atomic E-state index is 0.133. The van der Waals surface area contributed by atoms with E-state index >= 15 is 0 Å². The Balaban J connectivity index is 1.60. The van der Waals surface area contributed by atoms with Gasteiger partial charge in [-0.15, -0.1) is 0 Å². The Kier molecular flexibility index (Phi) is 14.9. The van der Waals surface area contributed by atoms with E-state index in [2.05, 4.69) is 57.8 Å². The highest BCUT2D eigenvalue weighted by Gasteiger charge is 2.15. The first kappa shape index (κ1) is 34.0. The molecule has 0 saturated carbocycles. The summed E-state index contributed by atoms with van der Waals surface area (Å²) in [4.78, 5) is 24.1. The smallest absolute Gasteiger partial charge is 0.320 e. The molecule has 0 aliphatic carbocycles. The van der Waals surface area contributed by atoms with Crippen LogP contribution in [0.2, 0.25) is 0 Å². The number of ether oxygens (including phenoxy) is 1. The van der Waals surface area contributed by atoms with Crippen molar-refractivity contribution in [1.82, 2.24) is 24.3 Å². The molecule has 9 nitrogen and oxygen atoms in total. The van der Waals surface area contributed by atoms with Crippen molar-refractivity contribution in [2.45, 2.75) is 65.8 Å². The highest BCUT2D eigenvalue weighted by atomic mass is 16.5. The number of nitrogens with one attached hydrogen (secondary N) is 1. The van der Waals surface area contributed by atoms with E-state index in [0.29, 0.717) is 32.8 Å². The molecule has 0 aliphatic rings. The van der Waals surface area contributed by atoms with Crippen LogP contribution in [0.25, 0.3) is 0 Å². The van der Waals surface area contributed by atoms with Crippen LogP contribution in [0.3, 0.4) is 0 Å². The van der Waals surface area contributed by atoms with Crippen molar-refractivity contribution in [3.05, 3.63) is 89.5 Å². The fraction of sp³-hybridized carbons (Fsp3) is 0.500. The molecule has 0 bridgehead atoms. The maximum absolute atomic E-state index is 12.8. The first-order valence-corrected chi connectivity index (χ1v) is 15.6. The topological polar surface area (TPSA) is 104 Å². The Hall–Kier alpha value is -3.53. The number of esters is 1. The number of rotatable bonds is 21. The number of unbranched alkanes of at least 4 members (excludes halogenated alkanes) is 1. The number of nitrogens with zero attached hydrogens (tertiary/aromatic N) is 5. The number of aromatic nitrogens is 2. The highest BCUT2D eigenvalue weighted by Crippen LogP contribution is 2.13. The third-order valence-electron chi connectivity index (χ3n) is 7.39. The molecular weight excluding hydrogens is 538 g/mol. The molecule has 0 fully saturated rings. The second-order valence-corrected chi connectivity index (χ2v) is 11.3. The number of aryl methyl sites for hydroxylation is 1. The van der Waals surface area contributed by atoms with Gasteiger partial charge in [0.15, 0.2) is 0 Å². The number of imidazole rings is 1. The summed E-state index contributed by atoms with van der Waals surface area (Å²) in [6.07, 6.45) is 8.19. The normalized spacial score (nSPS) is 11.5. The first-order valence-electron chi connectivity index (χ1n) is 15.6. The molecule has 0 atom stereocenters.